The van der Waals surface area contributed by atoms with Gasteiger partial charge in [-0.1, -0.05) is 12.8 Å². The number of hydrogen-bond donors (Lipinski definition) is 0. The third kappa shape index (κ3) is 1.40. The first-order valence-corrected chi connectivity index (χ1v) is 4.96. The van der Waals surface area contributed by atoms with E-state index in [-0.39, 0.29) is 6.08 Å². The van der Waals surface area contributed by atoms with Crippen molar-refractivity contribution >= 4 is 15.9 Å². The first-order valence-electron chi connectivity index (χ1n) is 4.17. The summed E-state index contributed by atoms with van der Waals surface area (Å²) in [7, 11) is 0. The normalized spacial score (nSPS) is 18.8. The molecular formula is C8H10BrFN2. The summed E-state index contributed by atoms with van der Waals surface area (Å²) >= 11 is 3.16. The molecule has 0 unspecified atom stereocenters. The zero-order valence-corrected chi connectivity index (χ0v) is 8.22. The van der Waals surface area contributed by atoms with E-state index in [1.54, 1.807) is 10.8 Å². The lowest BCUT2D eigenvalue weighted by Gasteiger charge is -2.09. The van der Waals surface area contributed by atoms with Crippen LogP contribution in [0, 0.1) is 6.08 Å². The van der Waals surface area contributed by atoms with E-state index in [1.165, 1.54) is 12.8 Å². The van der Waals surface area contributed by atoms with E-state index in [9.17, 15) is 4.39 Å². The first-order chi connectivity index (χ1) is 5.77. The summed E-state index contributed by atoms with van der Waals surface area (Å²) in [6, 6.07) is 0.337. The smallest absolute Gasteiger partial charge is 0.290 e. The van der Waals surface area contributed by atoms with Crippen molar-refractivity contribution in [1.29, 1.82) is 0 Å². The molecule has 0 spiro atoms. The van der Waals surface area contributed by atoms with Gasteiger partial charge in [0.25, 0.3) is 6.08 Å². The fraction of sp³-hybridized carbons (Fsp3) is 0.625. The highest BCUT2D eigenvalue weighted by atomic mass is 79.9. The van der Waals surface area contributed by atoms with Crippen LogP contribution in [0.1, 0.15) is 31.7 Å². The van der Waals surface area contributed by atoms with Crippen molar-refractivity contribution in [2.75, 3.05) is 0 Å². The molecular weight excluding hydrogens is 223 g/mol. The van der Waals surface area contributed by atoms with Gasteiger partial charge in [0, 0.05) is 12.2 Å². The van der Waals surface area contributed by atoms with E-state index in [0.717, 1.165) is 12.8 Å². The molecule has 1 aliphatic rings. The lowest BCUT2D eigenvalue weighted by Crippen LogP contribution is -2.05. The van der Waals surface area contributed by atoms with Crippen LogP contribution in [0.25, 0.3) is 0 Å². The minimum atomic E-state index is -0.367. The van der Waals surface area contributed by atoms with E-state index < -0.39 is 0 Å². The van der Waals surface area contributed by atoms with Crippen molar-refractivity contribution in [3.8, 4) is 0 Å². The van der Waals surface area contributed by atoms with Gasteiger partial charge in [0.1, 0.15) is 4.60 Å². The summed E-state index contributed by atoms with van der Waals surface area (Å²) in [5, 5.41) is 0. The second-order valence-corrected chi connectivity index (χ2v) is 3.99. The Morgan fingerprint density at radius 2 is 2.17 bits per heavy atom. The molecule has 1 heterocycles. The fourth-order valence-corrected chi connectivity index (χ4v) is 2.15. The summed E-state index contributed by atoms with van der Waals surface area (Å²) in [6.45, 7) is 0. The standard InChI is InChI=1S/C8H10BrFN2/c9-7-5-12(8(10)11-7)6-3-1-2-4-6/h5-6H,1-4H2. The number of rotatable bonds is 1. The Bertz CT molecular complexity index is 279. The lowest BCUT2D eigenvalue weighted by atomic mass is 10.2. The summed E-state index contributed by atoms with van der Waals surface area (Å²) in [6.07, 6.45) is 5.94. The fourth-order valence-electron chi connectivity index (χ4n) is 1.78. The molecule has 0 N–H and O–H groups in total. The van der Waals surface area contributed by atoms with Crippen LogP contribution in [0.2, 0.25) is 0 Å². The molecule has 1 aromatic rings. The molecule has 0 radical (unpaired) electrons. The highest BCUT2D eigenvalue weighted by Gasteiger charge is 2.20. The van der Waals surface area contributed by atoms with Crippen LogP contribution < -0.4 is 0 Å². The van der Waals surface area contributed by atoms with Gasteiger partial charge in [-0.2, -0.15) is 9.37 Å². The molecule has 1 aliphatic carbocycles. The van der Waals surface area contributed by atoms with Crippen molar-refractivity contribution in [1.82, 2.24) is 9.55 Å². The molecule has 4 heteroatoms. The monoisotopic (exact) mass is 232 g/mol. The van der Waals surface area contributed by atoms with Crippen LogP contribution in [0.5, 0.6) is 0 Å². The zero-order valence-electron chi connectivity index (χ0n) is 6.63. The maximum absolute atomic E-state index is 13.1. The van der Waals surface area contributed by atoms with E-state index in [4.69, 9.17) is 0 Å². The first kappa shape index (κ1) is 8.23. The van der Waals surface area contributed by atoms with Crippen LogP contribution in [-0.4, -0.2) is 9.55 Å². The van der Waals surface area contributed by atoms with Crippen LogP contribution in [0.15, 0.2) is 10.8 Å². The van der Waals surface area contributed by atoms with Gasteiger partial charge >= 0.3 is 0 Å². The molecule has 0 bridgehead atoms. The Kier molecular flexibility index (Phi) is 2.17. The molecule has 0 amide bonds. The minimum Gasteiger partial charge on any atom is -0.303 e. The van der Waals surface area contributed by atoms with E-state index in [1.807, 2.05) is 0 Å². The molecule has 1 saturated carbocycles. The number of hydrogen-bond acceptors (Lipinski definition) is 1. The number of nitrogens with zero attached hydrogens (tertiary/aromatic N) is 2. The van der Waals surface area contributed by atoms with E-state index >= 15 is 0 Å². The van der Waals surface area contributed by atoms with Crippen LogP contribution in [0.3, 0.4) is 0 Å². The maximum Gasteiger partial charge on any atom is 0.290 e. The average Bonchev–Trinajstić information content (AvgIpc) is 2.58. The Morgan fingerprint density at radius 3 is 2.67 bits per heavy atom. The minimum absolute atomic E-state index is 0.337. The molecule has 0 aliphatic heterocycles. The lowest BCUT2D eigenvalue weighted by molar-refractivity contribution is 0.403. The second kappa shape index (κ2) is 3.17. The summed E-state index contributed by atoms with van der Waals surface area (Å²) in [5.74, 6) is 0. The zero-order chi connectivity index (χ0) is 8.55. The van der Waals surface area contributed by atoms with E-state index in [0.29, 0.717) is 10.6 Å². The largest absolute Gasteiger partial charge is 0.303 e. The van der Waals surface area contributed by atoms with Gasteiger partial charge in [-0.25, -0.2) is 0 Å². The van der Waals surface area contributed by atoms with Crippen molar-refractivity contribution < 1.29 is 4.39 Å². The molecule has 12 heavy (non-hydrogen) atoms. The molecule has 2 rings (SSSR count). The van der Waals surface area contributed by atoms with Crippen molar-refractivity contribution in [3.63, 3.8) is 0 Å². The van der Waals surface area contributed by atoms with Gasteiger partial charge < -0.3 is 4.57 Å². The molecule has 2 nitrogen and oxygen atoms in total. The topological polar surface area (TPSA) is 17.8 Å². The van der Waals surface area contributed by atoms with Crippen molar-refractivity contribution in [3.05, 3.63) is 16.9 Å². The molecule has 1 fully saturated rings. The Hall–Kier alpha value is -0.380. The average molecular weight is 233 g/mol. The Morgan fingerprint density at radius 1 is 1.50 bits per heavy atom. The second-order valence-electron chi connectivity index (χ2n) is 3.18. The van der Waals surface area contributed by atoms with Gasteiger partial charge in [-0.15, -0.1) is 0 Å². The molecule has 1 aromatic heterocycles. The third-order valence-electron chi connectivity index (χ3n) is 2.38. The summed E-state index contributed by atoms with van der Waals surface area (Å²) < 4.78 is 15.3. The van der Waals surface area contributed by atoms with E-state index in [2.05, 4.69) is 20.9 Å². The van der Waals surface area contributed by atoms with Crippen LogP contribution in [-0.2, 0) is 0 Å². The number of imidazole rings is 1. The van der Waals surface area contributed by atoms with Crippen molar-refractivity contribution in [2.24, 2.45) is 0 Å². The Balaban J connectivity index is 2.25. The highest BCUT2D eigenvalue weighted by molar-refractivity contribution is 9.10. The maximum atomic E-state index is 13.1. The highest BCUT2D eigenvalue weighted by Crippen LogP contribution is 2.30. The SMILES string of the molecule is Fc1nc(Br)cn1C1CCCC1. The summed E-state index contributed by atoms with van der Waals surface area (Å²) in [4.78, 5) is 3.67. The van der Waals surface area contributed by atoms with Crippen LogP contribution >= 0.6 is 15.9 Å². The van der Waals surface area contributed by atoms with Gasteiger partial charge in [-0.3, -0.25) is 0 Å². The number of aromatic nitrogens is 2. The van der Waals surface area contributed by atoms with Crippen molar-refractivity contribution in [2.45, 2.75) is 31.7 Å². The molecule has 0 saturated heterocycles. The van der Waals surface area contributed by atoms with Gasteiger partial charge in [0.05, 0.1) is 0 Å². The predicted octanol–water partition coefficient (Wildman–Crippen LogP) is 2.90. The third-order valence-corrected chi connectivity index (χ3v) is 2.76. The molecule has 0 atom stereocenters. The van der Waals surface area contributed by atoms with Crippen LogP contribution in [0.4, 0.5) is 4.39 Å². The summed E-state index contributed by atoms with van der Waals surface area (Å²) in [5.41, 5.74) is 0. The molecule has 66 valence electrons. The van der Waals surface area contributed by atoms with Gasteiger partial charge in [-0.05, 0) is 28.8 Å². The predicted molar refractivity (Wildman–Crippen MR) is 47.4 cm³/mol. The number of halogens is 2. The van der Waals surface area contributed by atoms with Gasteiger partial charge in [0.2, 0.25) is 0 Å². The van der Waals surface area contributed by atoms with Gasteiger partial charge in [0.15, 0.2) is 0 Å². The quantitative estimate of drug-likeness (QED) is 0.729. The Labute approximate surface area is 78.9 Å². The molecule has 0 aromatic carbocycles.